The second-order valence-electron chi connectivity index (χ2n) is 19.6. The first-order chi connectivity index (χ1) is 25.4. The maximum absolute atomic E-state index is 15.1. The first kappa shape index (κ1) is 40.6. The molecule has 2 spiro atoms. The molecule has 6 fully saturated rings. The van der Waals surface area contributed by atoms with Gasteiger partial charge in [-0.3, -0.25) is 33.7 Å². The molecule has 0 bridgehead atoms. The van der Waals surface area contributed by atoms with Crippen molar-refractivity contribution >= 4 is 35.3 Å². The zero-order valence-corrected chi connectivity index (χ0v) is 34.3. The number of likely N-dealkylation sites (tertiary alicyclic amines) is 2. The van der Waals surface area contributed by atoms with Gasteiger partial charge in [0.15, 0.2) is 0 Å². The van der Waals surface area contributed by atoms with Gasteiger partial charge in [0.2, 0.25) is 29.4 Å². The smallest absolute Gasteiger partial charge is 0.289 e. The number of carbonyl (C=O) groups is 6. The van der Waals surface area contributed by atoms with Crippen LogP contribution < -0.4 is 21.3 Å². The summed E-state index contributed by atoms with van der Waals surface area (Å²) in [6.07, 6.45) is 11.8. The molecule has 0 unspecified atom stereocenters. The Labute approximate surface area is 322 Å². The van der Waals surface area contributed by atoms with Crippen molar-refractivity contribution in [2.75, 3.05) is 13.1 Å². The summed E-state index contributed by atoms with van der Waals surface area (Å²) in [7, 11) is 0. The molecule has 2 aliphatic heterocycles. The lowest BCUT2D eigenvalue weighted by Crippen LogP contribution is -2.64. The first-order valence-corrected chi connectivity index (χ1v) is 21.2. The molecule has 12 heteroatoms. The number of fused-ring (bicyclic) bond motifs is 1. The van der Waals surface area contributed by atoms with E-state index in [2.05, 4.69) is 53.9 Å². The Kier molecular flexibility index (Phi) is 11.4. The first-order valence-electron chi connectivity index (χ1n) is 21.2. The average Bonchev–Trinajstić information content (AvgIpc) is 3.89. The number of Topliss-reactive ketones (excluding diaryl/α,β-unsaturated/α-hetero) is 1. The third kappa shape index (κ3) is 7.22. The fraction of sp³-hybridized carbons (Fsp3) is 0.857. The second-order valence-corrected chi connectivity index (χ2v) is 19.6. The highest BCUT2D eigenvalue weighted by Gasteiger charge is 2.85. The second kappa shape index (κ2) is 15.1. The summed E-state index contributed by atoms with van der Waals surface area (Å²) in [5.41, 5.74) is -1.03. The summed E-state index contributed by atoms with van der Waals surface area (Å²) in [6, 6.07) is -3.61. The van der Waals surface area contributed by atoms with E-state index in [9.17, 15) is 24.0 Å². The number of amides is 5. The summed E-state index contributed by atoms with van der Waals surface area (Å²) < 4.78 is 0. The lowest BCUT2D eigenvalue weighted by atomic mass is 9.73. The fourth-order valence-corrected chi connectivity index (χ4v) is 11.0. The van der Waals surface area contributed by atoms with Crippen molar-refractivity contribution in [3.63, 3.8) is 0 Å². The minimum Gasteiger partial charge on any atom is -0.347 e. The molecule has 6 rings (SSSR count). The highest BCUT2D eigenvalue weighted by atomic mass is 16.2. The summed E-state index contributed by atoms with van der Waals surface area (Å²) in [5, 5.41) is 12.0. The molecule has 302 valence electrons. The van der Waals surface area contributed by atoms with Crippen LogP contribution in [0.15, 0.2) is 0 Å². The number of carbonyl (C=O) groups excluding carboxylic acids is 6. The van der Waals surface area contributed by atoms with Gasteiger partial charge in [-0.1, -0.05) is 73.6 Å². The quantitative estimate of drug-likeness (QED) is 0.196. The van der Waals surface area contributed by atoms with Crippen molar-refractivity contribution in [1.82, 2.24) is 31.1 Å². The molecule has 54 heavy (non-hydrogen) atoms. The standard InChI is InChI=1S/C42H68N6O6/c1-9-14-28(32(49)37(53)43-27-17-18-27)44-35(51)30-23-42(40(7,8)41(42)20-13-21-41)24-48(30)38(54)33(39(4,5)6)46-36(52)31(26-15-11-10-12-16-26)45-34(50)29-19-22-47(29)25(2)3/h25-31,33H,9-24H2,1-8H3,(H,43,53)(H,44,51)(H,45,50)(H,46,52)/t28-,29+,30-,31-,33+,42+/m0/s1. The number of nitrogens with one attached hydrogen (secondary N) is 4. The Bertz CT molecular complexity index is 1490. The van der Waals surface area contributed by atoms with Crippen LogP contribution in [0.1, 0.15) is 145 Å². The van der Waals surface area contributed by atoms with Gasteiger partial charge in [-0.05, 0) is 93.8 Å². The van der Waals surface area contributed by atoms with E-state index in [-0.39, 0.29) is 58.0 Å². The van der Waals surface area contributed by atoms with Crippen molar-refractivity contribution in [1.29, 1.82) is 0 Å². The SMILES string of the molecule is CCC[C@H](NC(=O)[C@@H]1C[C@@]2(CN1C(=O)[C@@H](NC(=O)[C@@H](NC(=O)[C@H]1CCN1C(C)C)C1CCCCC1)C(C)(C)C)C(C)(C)C21CCC1)C(=O)C(=O)NC1CC1. The highest BCUT2D eigenvalue weighted by molar-refractivity contribution is 6.38. The Morgan fingerprint density at radius 1 is 0.796 bits per heavy atom. The molecule has 4 saturated carbocycles. The minimum atomic E-state index is -0.986. The van der Waals surface area contributed by atoms with Crippen LogP contribution in [0.5, 0.6) is 0 Å². The van der Waals surface area contributed by atoms with Gasteiger partial charge in [-0.2, -0.15) is 0 Å². The van der Waals surface area contributed by atoms with Crippen LogP contribution in [0.25, 0.3) is 0 Å². The van der Waals surface area contributed by atoms with Gasteiger partial charge >= 0.3 is 0 Å². The Balaban J connectivity index is 1.25. The Hall–Kier alpha value is -3.02. The van der Waals surface area contributed by atoms with E-state index in [4.69, 9.17) is 0 Å². The maximum Gasteiger partial charge on any atom is 0.289 e. The number of nitrogens with zero attached hydrogens (tertiary/aromatic N) is 2. The topological polar surface area (TPSA) is 157 Å². The maximum atomic E-state index is 15.1. The molecule has 0 aromatic carbocycles. The van der Waals surface area contributed by atoms with E-state index in [0.29, 0.717) is 25.8 Å². The van der Waals surface area contributed by atoms with Gasteiger partial charge in [0, 0.05) is 30.6 Å². The van der Waals surface area contributed by atoms with Gasteiger partial charge in [-0.25, -0.2) is 0 Å². The van der Waals surface area contributed by atoms with Crippen molar-refractivity contribution in [2.45, 2.75) is 188 Å². The van der Waals surface area contributed by atoms with Gasteiger partial charge < -0.3 is 26.2 Å². The predicted molar refractivity (Wildman–Crippen MR) is 206 cm³/mol. The molecule has 2 saturated heterocycles. The Morgan fingerprint density at radius 3 is 1.94 bits per heavy atom. The van der Waals surface area contributed by atoms with Gasteiger partial charge in [0.05, 0.1) is 12.1 Å². The lowest BCUT2D eigenvalue weighted by Gasteiger charge is -2.44. The van der Waals surface area contributed by atoms with Crippen LogP contribution >= 0.6 is 0 Å². The van der Waals surface area contributed by atoms with Crippen molar-refractivity contribution in [2.24, 2.45) is 27.6 Å². The average molecular weight is 753 g/mol. The molecule has 6 aliphatic rings. The van der Waals surface area contributed by atoms with E-state index in [1.165, 1.54) is 0 Å². The molecule has 0 aromatic rings. The summed E-state index contributed by atoms with van der Waals surface area (Å²) in [5.74, 6) is -2.60. The summed E-state index contributed by atoms with van der Waals surface area (Å²) in [4.78, 5) is 87.6. The molecular weight excluding hydrogens is 684 g/mol. The third-order valence-electron chi connectivity index (χ3n) is 14.9. The van der Waals surface area contributed by atoms with Crippen molar-refractivity contribution in [3.8, 4) is 0 Å². The highest BCUT2D eigenvalue weighted by Crippen LogP contribution is 2.88. The third-order valence-corrected chi connectivity index (χ3v) is 14.9. The molecule has 6 atom stereocenters. The van der Waals surface area contributed by atoms with Crippen LogP contribution in [0.3, 0.4) is 0 Å². The summed E-state index contributed by atoms with van der Waals surface area (Å²) >= 11 is 0. The molecule has 5 amide bonds. The molecule has 12 nitrogen and oxygen atoms in total. The van der Waals surface area contributed by atoms with Gasteiger partial charge in [0.25, 0.3) is 5.91 Å². The molecule has 0 aromatic heterocycles. The molecule has 4 aliphatic carbocycles. The molecule has 4 N–H and O–H groups in total. The van der Waals surface area contributed by atoms with Gasteiger partial charge in [0.1, 0.15) is 18.1 Å². The van der Waals surface area contributed by atoms with Crippen LogP contribution in [-0.4, -0.2) is 101 Å². The minimum absolute atomic E-state index is 0.0153. The number of ketones is 1. The van der Waals surface area contributed by atoms with E-state index in [0.717, 1.165) is 77.2 Å². The Morgan fingerprint density at radius 2 is 1.44 bits per heavy atom. The van der Waals surface area contributed by atoms with E-state index < -0.39 is 47.2 Å². The van der Waals surface area contributed by atoms with Crippen LogP contribution in [-0.2, 0) is 28.8 Å². The lowest BCUT2D eigenvalue weighted by molar-refractivity contribution is -0.146. The molecule has 0 radical (unpaired) electrons. The van der Waals surface area contributed by atoms with E-state index >= 15 is 4.79 Å². The number of hydrogen-bond donors (Lipinski definition) is 4. The fourth-order valence-electron chi connectivity index (χ4n) is 11.0. The molecular formula is C42H68N6O6. The number of rotatable bonds is 14. The van der Waals surface area contributed by atoms with Crippen LogP contribution in [0.4, 0.5) is 0 Å². The zero-order valence-electron chi connectivity index (χ0n) is 34.3. The van der Waals surface area contributed by atoms with Crippen molar-refractivity contribution < 1.29 is 28.8 Å². The van der Waals surface area contributed by atoms with Crippen molar-refractivity contribution in [3.05, 3.63) is 0 Å². The van der Waals surface area contributed by atoms with E-state index in [1.54, 1.807) is 4.90 Å². The number of hydrogen-bond acceptors (Lipinski definition) is 7. The normalized spacial score (nSPS) is 29.1. The van der Waals surface area contributed by atoms with Crippen LogP contribution in [0.2, 0.25) is 0 Å². The summed E-state index contributed by atoms with van der Waals surface area (Å²) in [6.45, 7) is 17.6. The largest absolute Gasteiger partial charge is 0.347 e. The van der Waals surface area contributed by atoms with Gasteiger partial charge in [-0.15, -0.1) is 0 Å². The molecule has 2 heterocycles. The monoisotopic (exact) mass is 753 g/mol. The van der Waals surface area contributed by atoms with E-state index in [1.807, 2.05) is 27.7 Å². The van der Waals surface area contributed by atoms with Crippen LogP contribution in [0, 0.1) is 27.6 Å². The zero-order chi connectivity index (χ0) is 39.4. The predicted octanol–water partition coefficient (Wildman–Crippen LogP) is 4.00.